The lowest BCUT2D eigenvalue weighted by Crippen LogP contribution is -2.09. The topological polar surface area (TPSA) is 65.4 Å². The van der Waals surface area contributed by atoms with Gasteiger partial charge in [-0.1, -0.05) is 35.9 Å². The SMILES string of the molecule is Oc1cc(O)cc(/C=C/c2ccc(Nc3c4c(nc5cc(Cl)ccc35)CCCC4)cc2)c1. The monoisotopic (exact) mass is 442 g/mol. The molecule has 4 nitrogen and oxygen atoms in total. The molecule has 0 unspecified atom stereocenters. The Kier molecular flexibility index (Phi) is 5.46. The molecule has 1 aliphatic rings. The summed E-state index contributed by atoms with van der Waals surface area (Å²) in [6.07, 6.45) is 8.18. The van der Waals surface area contributed by atoms with Crippen LogP contribution in [0.4, 0.5) is 11.4 Å². The fraction of sp³-hybridized carbons (Fsp3) is 0.148. The number of anilines is 2. The predicted molar refractivity (Wildman–Crippen MR) is 132 cm³/mol. The Hall–Kier alpha value is -3.50. The highest BCUT2D eigenvalue weighted by Gasteiger charge is 2.18. The molecule has 5 heteroatoms. The number of phenols is 2. The number of hydrogen-bond donors (Lipinski definition) is 3. The van der Waals surface area contributed by atoms with E-state index in [1.807, 2.05) is 42.5 Å². The number of nitrogens with zero attached hydrogens (tertiary/aromatic N) is 1. The van der Waals surface area contributed by atoms with Crippen LogP contribution in [0.5, 0.6) is 11.5 Å². The minimum Gasteiger partial charge on any atom is -0.508 e. The summed E-state index contributed by atoms with van der Waals surface area (Å²) in [5.41, 5.74) is 7.29. The van der Waals surface area contributed by atoms with Crippen molar-refractivity contribution in [2.45, 2.75) is 25.7 Å². The van der Waals surface area contributed by atoms with Crippen molar-refractivity contribution in [1.82, 2.24) is 4.98 Å². The molecule has 0 fully saturated rings. The van der Waals surface area contributed by atoms with Crippen molar-refractivity contribution in [3.63, 3.8) is 0 Å². The van der Waals surface area contributed by atoms with Gasteiger partial charge in [0.25, 0.3) is 0 Å². The Bertz CT molecular complexity index is 1310. The van der Waals surface area contributed by atoms with Gasteiger partial charge in [0.1, 0.15) is 11.5 Å². The minimum atomic E-state index is 0.0402. The highest BCUT2D eigenvalue weighted by Crippen LogP contribution is 2.36. The van der Waals surface area contributed by atoms with E-state index in [1.165, 1.54) is 30.2 Å². The molecule has 0 atom stereocenters. The lowest BCUT2D eigenvalue weighted by atomic mass is 9.92. The van der Waals surface area contributed by atoms with Crippen molar-refractivity contribution >= 4 is 46.0 Å². The second-order valence-corrected chi connectivity index (χ2v) is 8.58. The molecule has 0 bridgehead atoms. The number of benzene rings is 3. The Balaban J connectivity index is 1.44. The Morgan fingerprint density at radius 1 is 0.812 bits per heavy atom. The third-order valence-electron chi connectivity index (χ3n) is 5.80. The van der Waals surface area contributed by atoms with Gasteiger partial charge in [0, 0.05) is 27.9 Å². The highest BCUT2D eigenvalue weighted by atomic mass is 35.5. The number of pyridine rings is 1. The summed E-state index contributed by atoms with van der Waals surface area (Å²) in [4.78, 5) is 4.89. The zero-order valence-electron chi connectivity index (χ0n) is 17.5. The first-order valence-electron chi connectivity index (χ1n) is 10.7. The summed E-state index contributed by atoms with van der Waals surface area (Å²) >= 11 is 6.23. The number of rotatable bonds is 4. The van der Waals surface area contributed by atoms with E-state index in [2.05, 4.69) is 17.4 Å². The fourth-order valence-corrected chi connectivity index (χ4v) is 4.44. The molecule has 1 heterocycles. The zero-order valence-corrected chi connectivity index (χ0v) is 18.2. The van der Waals surface area contributed by atoms with E-state index < -0.39 is 0 Å². The number of hydrogen-bond acceptors (Lipinski definition) is 4. The van der Waals surface area contributed by atoms with Gasteiger partial charge >= 0.3 is 0 Å². The van der Waals surface area contributed by atoms with Gasteiger partial charge in [0.15, 0.2) is 0 Å². The molecule has 3 aromatic carbocycles. The lowest BCUT2D eigenvalue weighted by Gasteiger charge is -2.22. The van der Waals surface area contributed by atoms with Crippen molar-refractivity contribution < 1.29 is 10.2 Å². The molecule has 5 rings (SSSR count). The van der Waals surface area contributed by atoms with E-state index in [4.69, 9.17) is 16.6 Å². The number of aromatic hydroxyl groups is 2. The quantitative estimate of drug-likeness (QED) is 0.295. The highest BCUT2D eigenvalue weighted by molar-refractivity contribution is 6.31. The molecule has 0 spiro atoms. The van der Waals surface area contributed by atoms with E-state index in [9.17, 15) is 10.2 Å². The van der Waals surface area contributed by atoms with Crippen LogP contribution in [0.15, 0.2) is 60.7 Å². The summed E-state index contributed by atoms with van der Waals surface area (Å²) in [5, 5.41) is 24.7. The Morgan fingerprint density at radius 3 is 2.31 bits per heavy atom. The van der Waals surface area contributed by atoms with Gasteiger partial charge in [0.2, 0.25) is 0 Å². The fourth-order valence-electron chi connectivity index (χ4n) is 4.27. The van der Waals surface area contributed by atoms with Gasteiger partial charge in [0.05, 0.1) is 11.2 Å². The van der Waals surface area contributed by atoms with Crippen molar-refractivity contribution in [2.24, 2.45) is 0 Å². The van der Waals surface area contributed by atoms with Crippen LogP contribution in [0.2, 0.25) is 5.02 Å². The summed E-state index contributed by atoms with van der Waals surface area (Å²) in [5.74, 6) is 0.0804. The van der Waals surface area contributed by atoms with E-state index >= 15 is 0 Å². The molecule has 0 amide bonds. The maximum atomic E-state index is 9.63. The molecule has 4 aromatic rings. The Labute approximate surface area is 191 Å². The number of nitrogens with one attached hydrogen (secondary N) is 1. The number of fused-ring (bicyclic) bond motifs is 2. The molecule has 0 aliphatic heterocycles. The minimum absolute atomic E-state index is 0.0402. The van der Waals surface area contributed by atoms with Crippen LogP contribution in [-0.2, 0) is 12.8 Å². The van der Waals surface area contributed by atoms with Crippen molar-refractivity contribution in [3.8, 4) is 11.5 Å². The van der Waals surface area contributed by atoms with Gasteiger partial charge in [-0.2, -0.15) is 0 Å². The maximum absolute atomic E-state index is 9.63. The van der Waals surface area contributed by atoms with Crippen LogP contribution >= 0.6 is 11.6 Å². The van der Waals surface area contributed by atoms with Crippen molar-refractivity contribution in [3.05, 3.63) is 88.1 Å². The summed E-state index contributed by atoms with van der Waals surface area (Å²) in [7, 11) is 0. The third-order valence-corrected chi connectivity index (χ3v) is 6.03. The standard InChI is InChI=1S/C27H23ClN2O2/c28-19-9-12-24-26(15-19)30-25-4-2-1-3-23(25)27(24)29-20-10-7-17(8-11-20)5-6-18-13-21(31)16-22(32)14-18/h5-16,31-32H,1-4H2,(H,29,30)/b6-5+. The van der Waals surface area contributed by atoms with Crippen LogP contribution in [0.25, 0.3) is 23.1 Å². The van der Waals surface area contributed by atoms with Crippen LogP contribution in [0.3, 0.4) is 0 Å². The van der Waals surface area contributed by atoms with Crippen molar-refractivity contribution in [1.29, 1.82) is 0 Å². The molecule has 32 heavy (non-hydrogen) atoms. The molecular formula is C27H23ClN2O2. The molecule has 3 N–H and O–H groups in total. The van der Waals surface area contributed by atoms with E-state index in [1.54, 1.807) is 12.1 Å². The molecule has 0 saturated heterocycles. The summed E-state index contributed by atoms with van der Waals surface area (Å²) in [6, 6.07) is 18.6. The Morgan fingerprint density at radius 2 is 1.53 bits per heavy atom. The predicted octanol–water partition coefficient (Wildman–Crippen LogP) is 7.09. The van der Waals surface area contributed by atoms with Crippen molar-refractivity contribution in [2.75, 3.05) is 5.32 Å². The molecular weight excluding hydrogens is 420 g/mol. The van der Waals surface area contributed by atoms with Crippen LogP contribution in [0, 0.1) is 0 Å². The zero-order chi connectivity index (χ0) is 22.1. The first kappa shape index (κ1) is 20.4. The van der Waals surface area contributed by atoms with Gasteiger partial charge in [-0.15, -0.1) is 0 Å². The van der Waals surface area contributed by atoms with E-state index in [-0.39, 0.29) is 11.5 Å². The molecule has 1 aromatic heterocycles. The second kappa shape index (κ2) is 8.56. The van der Waals surface area contributed by atoms with Crippen LogP contribution < -0.4 is 5.32 Å². The summed E-state index contributed by atoms with van der Waals surface area (Å²) < 4.78 is 0. The number of aromatic nitrogens is 1. The summed E-state index contributed by atoms with van der Waals surface area (Å²) in [6.45, 7) is 0. The average molecular weight is 443 g/mol. The van der Waals surface area contributed by atoms with Crippen LogP contribution in [-0.4, -0.2) is 15.2 Å². The molecule has 0 saturated carbocycles. The largest absolute Gasteiger partial charge is 0.508 e. The van der Waals surface area contributed by atoms with Crippen LogP contribution in [0.1, 0.15) is 35.2 Å². The smallest absolute Gasteiger partial charge is 0.119 e. The first-order valence-corrected chi connectivity index (χ1v) is 11.1. The third kappa shape index (κ3) is 4.27. The number of phenolic OH excluding ortho intramolecular Hbond substituents is 2. The lowest BCUT2D eigenvalue weighted by molar-refractivity contribution is 0.450. The molecule has 1 aliphatic carbocycles. The first-order chi connectivity index (χ1) is 15.5. The normalized spacial score (nSPS) is 13.4. The van der Waals surface area contributed by atoms with Gasteiger partial charge in [-0.05, 0) is 84.8 Å². The number of aryl methyl sites for hydroxylation is 1. The van der Waals surface area contributed by atoms with E-state index in [0.29, 0.717) is 5.02 Å². The van der Waals surface area contributed by atoms with Gasteiger partial charge in [-0.25, -0.2) is 0 Å². The van der Waals surface area contributed by atoms with Gasteiger partial charge < -0.3 is 15.5 Å². The van der Waals surface area contributed by atoms with E-state index in [0.717, 1.165) is 46.2 Å². The maximum Gasteiger partial charge on any atom is 0.119 e. The number of halogens is 1. The average Bonchev–Trinajstić information content (AvgIpc) is 2.77. The molecule has 0 radical (unpaired) electrons. The molecule has 160 valence electrons. The van der Waals surface area contributed by atoms with Gasteiger partial charge in [-0.3, -0.25) is 4.98 Å². The second-order valence-electron chi connectivity index (χ2n) is 8.14.